The van der Waals surface area contributed by atoms with Gasteiger partial charge in [-0.2, -0.15) is 0 Å². The van der Waals surface area contributed by atoms with Gasteiger partial charge in [-0.05, 0) is 23.8 Å². The van der Waals surface area contributed by atoms with Crippen LogP contribution in [0.5, 0.6) is 0 Å². The van der Waals surface area contributed by atoms with Crippen LogP contribution in [0.2, 0.25) is 5.15 Å². The number of benzene rings is 1. The van der Waals surface area contributed by atoms with Crippen LogP contribution in [0.15, 0.2) is 46.9 Å². The summed E-state index contributed by atoms with van der Waals surface area (Å²) in [5.41, 5.74) is 1.18. The molecule has 0 radical (unpaired) electrons. The van der Waals surface area contributed by atoms with E-state index in [1.807, 2.05) is 30.3 Å². The third-order valence-electron chi connectivity index (χ3n) is 2.13. The van der Waals surface area contributed by atoms with Gasteiger partial charge < -0.3 is 5.32 Å². The molecule has 0 saturated heterocycles. The number of aromatic nitrogens is 1. The van der Waals surface area contributed by atoms with Crippen LogP contribution in [-0.2, 0) is 6.54 Å². The van der Waals surface area contributed by atoms with Crippen LogP contribution < -0.4 is 5.32 Å². The van der Waals surface area contributed by atoms with Crippen molar-refractivity contribution in [1.29, 1.82) is 0 Å². The molecule has 2 aromatic rings. The lowest BCUT2D eigenvalue weighted by Gasteiger charge is -2.07. The fourth-order valence-corrected chi connectivity index (χ4v) is 1.92. The van der Waals surface area contributed by atoms with Crippen molar-refractivity contribution in [3.8, 4) is 0 Å². The van der Waals surface area contributed by atoms with Gasteiger partial charge in [-0.3, -0.25) is 0 Å². The third kappa shape index (κ3) is 2.97. The van der Waals surface area contributed by atoms with Gasteiger partial charge in [-0.25, -0.2) is 4.98 Å². The minimum atomic E-state index is 0.497. The highest BCUT2D eigenvalue weighted by Crippen LogP contribution is 2.17. The second kappa shape index (κ2) is 5.32. The summed E-state index contributed by atoms with van der Waals surface area (Å²) in [6.45, 7) is 0.717. The average Bonchev–Trinajstić information content (AvgIpc) is 2.28. The van der Waals surface area contributed by atoms with E-state index in [0.717, 1.165) is 16.8 Å². The molecule has 0 aliphatic rings. The highest BCUT2D eigenvalue weighted by Gasteiger charge is 1.99. The highest BCUT2D eigenvalue weighted by molar-refractivity contribution is 9.10. The Morgan fingerprint density at radius 3 is 2.69 bits per heavy atom. The zero-order valence-electron chi connectivity index (χ0n) is 8.45. The van der Waals surface area contributed by atoms with E-state index in [0.29, 0.717) is 5.15 Å². The summed E-state index contributed by atoms with van der Waals surface area (Å²) >= 11 is 9.30. The number of rotatable bonds is 3. The molecule has 1 aromatic carbocycles. The van der Waals surface area contributed by atoms with Crippen LogP contribution in [0.1, 0.15) is 5.56 Å². The molecule has 0 unspecified atom stereocenters. The van der Waals surface area contributed by atoms with E-state index >= 15 is 0 Å². The molecule has 1 N–H and O–H groups in total. The number of nitrogens with one attached hydrogen (secondary N) is 1. The van der Waals surface area contributed by atoms with Crippen LogP contribution in [-0.4, -0.2) is 4.98 Å². The number of nitrogens with zero attached hydrogens (tertiary/aromatic N) is 1. The third-order valence-corrected chi connectivity index (χ3v) is 3.12. The first-order valence-electron chi connectivity index (χ1n) is 4.85. The minimum Gasteiger partial charge on any atom is -0.366 e. The predicted molar refractivity (Wildman–Crippen MR) is 70.7 cm³/mol. The van der Waals surface area contributed by atoms with Crippen molar-refractivity contribution >= 4 is 33.3 Å². The lowest BCUT2D eigenvalue weighted by Crippen LogP contribution is -2.01. The molecule has 16 heavy (non-hydrogen) atoms. The second-order valence-corrected chi connectivity index (χ2v) is 4.53. The van der Waals surface area contributed by atoms with E-state index in [2.05, 4.69) is 32.3 Å². The first-order chi connectivity index (χ1) is 7.75. The van der Waals surface area contributed by atoms with Crippen LogP contribution in [0.4, 0.5) is 5.82 Å². The van der Waals surface area contributed by atoms with Crippen molar-refractivity contribution in [3.63, 3.8) is 0 Å². The molecule has 1 aromatic heterocycles. The summed E-state index contributed by atoms with van der Waals surface area (Å²) in [6, 6.07) is 13.6. The largest absolute Gasteiger partial charge is 0.366 e. The molecule has 0 spiro atoms. The molecule has 2 nitrogen and oxygen atoms in total. The number of anilines is 1. The Morgan fingerprint density at radius 2 is 1.94 bits per heavy atom. The molecule has 4 heteroatoms. The highest BCUT2D eigenvalue weighted by atomic mass is 79.9. The Bertz CT molecular complexity index is 488. The van der Waals surface area contributed by atoms with Crippen LogP contribution in [0, 0.1) is 0 Å². The predicted octanol–water partition coefficient (Wildman–Crippen LogP) is 4.11. The topological polar surface area (TPSA) is 24.9 Å². The van der Waals surface area contributed by atoms with Gasteiger partial charge in [0.25, 0.3) is 0 Å². The quantitative estimate of drug-likeness (QED) is 0.862. The number of pyridine rings is 1. The van der Waals surface area contributed by atoms with E-state index < -0.39 is 0 Å². The first-order valence-corrected chi connectivity index (χ1v) is 6.02. The number of hydrogen-bond donors (Lipinski definition) is 1. The standard InChI is InChI=1S/C12H10BrClN2/c13-10-5-2-1-4-9(10)8-15-12-7-3-6-11(14)16-12/h1-7H,8H2,(H,15,16). The fraction of sp³-hybridized carbons (Fsp3) is 0.0833. The number of hydrogen-bond acceptors (Lipinski definition) is 2. The lowest BCUT2D eigenvalue weighted by atomic mass is 10.2. The summed E-state index contributed by atoms with van der Waals surface area (Å²) in [5.74, 6) is 0.781. The molecular weight excluding hydrogens is 288 g/mol. The molecule has 0 saturated carbocycles. The van der Waals surface area contributed by atoms with Crippen molar-refractivity contribution < 1.29 is 0 Å². The van der Waals surface area contributed by atoms with Gasteiger partial charge in [0.15, 0.2) is 0 Å². The summed E-state index contributed by atoms with van der Waals surface area (Å²) in [7, 11) is 0. The molecule has 1 heterocycles. The van der Waals surface area contributed by atoms with Gasteiger partial charge in [0.05, 0.1) is 0 Å². The molecule has 0 aliphatic heterocycles. The monoisotopic (exact) mass is 296 g/mol. The molecule has 0 atom stereocenters. The van der Waals surface area contributed by atoms with Crippen molar-refractivity contribution in [1.82, 2.24) is 4.98 Å². The zero-order chi connectivity index (χ0) is 11.4. The minimum absolute atomic E-state index is 0.497. The summed E-state index contributed by atoms with van der Waals surface area (Å²) in [4.78, 5) is 4.16. The van der Waals surface area contributed by atoms with E-state index in [4.69, 9.17) is 11.6 Å². The molecule has 0 aliphatic carbocycles. The lowest BCUT2D eigenvalue weighted by molar-refractivity contribution is 1.10. The van der Waals surface area contributed by atoms with Gasteiger partial charge in [-0.1, -0.05) is 51.8 Å². The SMILES string of the molecule is Clc1cccc(NCc2ccccc2Br)n1. The Morgan fingerprint density at radius 1 is 1.12 bits per heavy atom. The molecule has 82 valence electrons. The molecule has 0 amide bonds. The smallest absolute Gasteiger partial charge is 0.131 e. The average molecular weight is 298 g/mol. The Labute approximate surface area is 108 Å². The van der Waals surface area contributed by atoms with Crippen molar-refractivity contribution in [2.24, 2.45) is 0 Å². The van der Waals surface area contributed by atoms with Gasteiger partial charge in [0.2, 0.25) is 0 Å². The first kappa shape index (κ1) is 11.4. The molecule has 0 fully saturated rings. The van der Waals surface area contributed by atoms with Gasteiger partial charge >= 0.3 is 0 Å². The zero-order valence-corrected chi connectivity index (χ0v) is 10.8. The molecular formula is C12H10BrClN2. The van der Waals surface area contributed by atoms with Crippen molar-refractivity contribution in [2.75, 3.05) is 5.32 Å². The van der Waals surface area contributed by atoms with Crippen molar-refractivity contribution in [3.05, 3.63) is 57.7 Å². The second-order valence-electron chi connectivity index (χ2n) is 3.29. The Hall–Kier alpha value is -1.06. The molecule has 2 rings (SSSR count). The van der Waals surface area contributed by atoms with Gasteiger partial charge in [0, 0.05) is 11.0 Å². The summed E-state index contributed by atoms with van der Waals surface area (Å²) in [6.07, 6.45) is 0. The van der Waals surface area contributed by atoms with Crippen molar-refractivity contribution in [2.45, 2.75) is 6.54 Å². The van der Waals surface area contributed by atoms with E-state index in [1.165, 1.54) is 5.56 Å². The van der Waals surface area contributed by atoms with E-state index in [-0.39, 0.29) is 0 Å². The van der Waals surface area contributed by atoms with E-state index in [9.17, 15) is 0 Å². The molecule has 0 bridgehead atoms. The van der Waals surface area contributed by atoms with Gasteiger partial charge in [-0.15, -0.1) is 0 Å². The van der Waals surface area contributed by atoms with E-state index in [1.54, 1.807) is 6.07 Å². The fourth-order valence-electron chi connectivity index (χ4n) is 1.33. The van der Waals surface area contributed by atoms with Crippen LogP contribution >= 0.6 is 27.5 Å². The Kier molecular flexibility index (Phi) is 3.80. The van der Waals surface area contributed by atoms with Crippen LogP contribution in [0.25, 0.3) is 0 Å². The van der Waals surface area contributed by atoms with Gasteiger partial charge in [0.1, 0.15) is 11.0 Å². The Balaban J connectivity index is 2.05. The maximum atomic E-state index is 5.80. The summed E-state index contributed by atoms with van der Waals surface area (Å²) in [5, 5.41) is 3.71. The normalized spacial score (nSPS) is 10.1. The van der Waals surface area contributed by atoms with Crippen LogP contribution in [0.3, 0.4) is 0 Å². The number of halogens is 2. The maximum absolute atomic E-state index is 5.80. The summed E-state index contributed by atoms with van der Waals surface area (Å²) < 4.78 is 1.09. The maximum Gasteiger partial charge on any atom is 0.131 e.